The van der Waals surface area contributed by atoms with Gasteiger partial charge in [0.15, 0.2) is 0 Å². The van der Waals surface area contributed by atoms with Gasteiger partial charge in [-0.3, -0.25) is 4.90 Å². The average Bonchev–Trinajstić information content (AvgIpc) is 3.08. The molecule has 2 fully saturated rings. The number of nitrogens with zero attached hydrogens (tertiary/aromatic N) is 4. The highest BCUT2D eigenvalue weighted by molar-refractivity contribution is 5.68. The van der Waals surface area contributed by atoms with Crippen molar-refractivity contribution in [2.75, 3.05) is 44.2 Å². The first-order valence-corrected chi connectivity index (χ1v) is 10.7. The molecule has 3 rings (SSSR count). The fraction of sp³-hybridized carbons (Fsp3) is 0.727. The summed E-state index contributed by atoms with van der Waals surface area (Å²) in [5, 5.41) is 0. The molecule has 0 N–H and O–H groups in total. The van der Waals surface area contributed by atoms with E-state index in [0.717, 1.165) is 25.5 Å². The molecule has 2 saturated heterocycles. The Labute approximate surface area is 169 Å². The lowest BCUT2D eigenvalue weighted by atomic mass is 10.1. The van der Waals surface area contributed by atoms with Gasteiger partial charge in [0, 0.05) is 45.0 Å². The van der Waals surface area contributed by atoms with Gasteiger partial charge in [0.25, 0.3) is 0 Å². The van der Waals surface area contributed by atoms with Crippen LogP contribution in [0.5, 0.6) is 0 Å². The van der Waals surface area contributed by atoms with Gasteiger partial charge in [-0.05, 0) is 57.7 Å². The molecule has 28 heavy (non-hydrogen) atoms. The standard InChI is InChI=1S/C22H36N4O2/c1-17(2)16-26-10-6-7-19(26)18-8-9-20(23-15-18)24-11-13-25(14-12-24)21(27)28-22(3,4)5/h8-9,15,17,19H,6-7,10-14,16H2,1-5H3/t19-/m0/s1. The molecule has 0 radical (unpaired) electrons. The number of anilines is 1. The molecule has 156 valence electrons. The van der Waals surface area contributed by atoms with Crippen molar-refractivity contribution in [2.24, 2.45) is 5.92 Å². The fourth-order valence-electron chi connectivity index (χ4n) is 4.12. The van der Waals surface area contributed by atoms with Crippen molar-refractivity contribution in [3.05, 3.63) is 23.9 Å². The lowest BCUT2D eigenvalue weighted by Gasteiger charge is -2.36. The van der Waals surface area contributed by atoms with Gasteiger partial charge in [-0.1, -0.05) is 19.9 Å². The summed E-state index contributed by atoms with van der Waals surface area (Å²) in [6.07, 6.45) is 4.33. The van der Waals surface area contributed by atoms with Crippen LogP contribution < -0.4 is 4.90 Å². The van der Waals surface area contributed by atoms with Gasteiger partial charge in [-0.25, -0.2) is 9.78 Å². The van der Waals surface area contributed by atoms with Gasteiger partial charge < -0.3 is 14.5 Å². The van der Waals surface area contributed by atoms with Crippen LogP contribution in [-0.4, -0.2) is 65.7 Å². The van der Waals surface area contributed by atoms with Crippen molar-refractivity contribution in [2.45, 2.75) is 59.1 Å². The van der Waals surface area contributed by atoms with E-state index in [1.807, 2.05) is 20.8 Å². The lowest BCUT2D eigenvalue weighted by molar-refractivity contribution is 0.0240. The maximum Gasteiger partial charge on any atom is 0.410 e. The summed E-state index contributed by atoms with van der Waals surface area (Å²) in [6, 6.07) is 4.89. The number of amides is 1. The molecule has 0 aromatic carbocycles. The summed E-state index contributed by atoms with van der Waals surface area (Å²) in [7, 11) is 0. The number of hydrogen-bond acceptors (Lipinski definition) is 5. The first-order valence-electron chi connectivity index (χ1n) is 10.7. The van der Waals surface area contributed by atoms with Crippen LogP contribution >= 0.6 is 0 Å². The molecular formula is C22H36N4O2. The molecule has 1 amide bonds. The van der Waals surface area contributed by atoms with E-state index in [4.69, 9.17) is 9.72 Å². The molecule has 1 atom stereocenters. The molecule has 0 spiro atoms. The van der Waals surface area contributed by atoms with Crippen LogP contribution in [0.3, 0.4) is 0 Å². The molecule has 2 aliphatic heterocycles. The van der Waals surface area contributed by atoms with E-state index in [1.165, 1.54) is 24.9 Å². The van der Waals surface area contributed by atoms with Crippen molar-refractivity contribution in [1.82, 2.24) is 14.8 Å². The number of aromatic nitrogens is 1. The van der Waals surface area contributed by atoms with Gasteiger partial charge in [0.1, 0.15) is 11.4 Å². The normalized spacial score (nSPS) is 21.4. The third-order valence-corrected chi connectivity index (χ3v) is 5.37. The van der Waals surface area contributed by atoms with Crippen LogP contribution in [0, 0.1) is 5.92 Å². The molecule has 3 heterocycles. The van der Waals surface area contributed by atoms with Crippen LogP contribution in [0.4, 0.5) is 10.6 Å². The topological polar surface area (TPSA) is 48.9 Å². The minimum Gasteiger partial charge on any atom is -0.444 e. The van der Waals surface area contributed by atoms with E-state index in [-0.39, 0.29) is 6.09 Å². The predicted octanol–water partition coefficient (Wildman–Crippen LogP) is 3.93. The highest BCUT2D eigenvalue weighted by atomic mass is 16.6. The maximum atomic E-state index is 12.2. The van der Waals surface area contributed by atoms with Crippen molar-refractivity contribution in [3.8, 4) is 0 Å². The number of pyridine rings is 1. The second-order valence-electron chi connectivity index (χ2n) is 9.45. The molecule has 0 unspecified atom stereocenters. The quantitative estimate of drug-likeness (QED) is 0.782. The van der Waals surface area contributed by atoms with E-state index in [2.05, 4.69) is 42.0 Å². The summed E-state index contributed by atoms with van der Waals surface area (Å²) < 4.78 is 5.48. The predicted molar refractivity (Wildman–Crippen MR) is 113 cm³/mol. The minimum atomic E-state index is -0.449. The third kappa shape index (κ3) is 5.37. The number of carbonyl (C=O) groups excluding carboxylic acids is 1. The summed E-state index contributed by atoms with van der Waals surface area (Å²) in [5.74, 6) is 1.69. The first-order chi connectivity index (χ1) is 13.2. The molecular weight excluding hydrogens is 352 g/mol. The number of carbonyl (C=O) groups is 1. The van der Waals surface area contributed by atoms with Crippen LogP contribution in [0.25, 0.3) is 0 Å². The molecule has 6 heteroatoms. The van der Waals surface area contributed by atoms with Gasteiger partial charge in [0.05, 0.1) is 0 Å². The van der Waals surface area contributed by atoms with Gasteiger partial charge in [-0.15, -0.1) is 0 Å². The van der Waals surface area contributed by atoms with Crippen molar-refractivity contribution in [3.63, 3.8) is 0 Å². The zero-order chi connectivity index (χ0) is 20.3. The second kappa shape index (κ2) is 8.68. The Hall–Kier alpha value is -1.82. The molecule has 0 bridgehead atoms. The molecule has 1 aromatic rings. The SMILES string of the molecule is CC(C)CN1CCC[C@H]1c1ccc(N2CCN(C(=O)OC(C)(C)C)CC2)nc1. The zero-order valence-corrected chi connectivity index (χ0v) is 18.1. The molecule has 6 nitrogen and oxygen atoms in total. The Morgan fingerprint density at radius 2 is 1.89 bits per heavy atom. The number of hydrogen-bond donors (Lipinski definition) is 0. The molecule has 0 saturated carbocycles. The van der Waals surface area contributed by atoms with E-state index in [0.29, 0.717) is 25.0 Å². The van der Waals surface area contributed by atoms with E-state index < -0.39 is 5.60 Å². The Morgan fingerprint density at radius 3 is 2.46 bits per heavy atom. The Balaban J connectivity index is 1.56. The smallest absolute Gasteiger partial charge is 0.410 e. The van der Waals surface area contributed by atoms with Crippen molar-refractivity contribution in [1.29, 1.82) is 0 Å². The number of ether oxygens (including phenoxy) is 1. The van der Waals surface area contributed by atoms with E-state index in [9.17, 15) is 4.79 Å². The fourth-order valence-corrected chi connectivity index (χ4v) is 4.12. The molecule has 1 aromatic heterocycles. The molecule has 2 aliphatic rings. The highest BCUT2D eigenvalue weighted by Gasteiger charge is 2.28. The highest BCUT2D eigenvalue weighted by Crippen LogP contribution is 2.32. The zero-order valence-electron chi connectivity index (χ0n) is 18.1. The number of rotatable bonds is 4. The van der Waals surface area contributed by atoms with Gasteiger partial charge in [0.2, 0.25) is 0 Å². The van der Waals surface area contributed by atoms with Gasteiger partial charge in [-0.2, -0.15) is 0 Å². The largest absolute Gasteiger partial charge is 0.444 e. The van der Waals surface area contributed by atoms with Crippen molar-refractivity contribution >= 4 is 11.9 Å². The number of piperazine rings is 1. The monoisotopic (exact) mass is 388 g/mol. The van der Waals surface area contributed by atoms with Crippen LogP contribution in [0.15, 0.2) is 18.3 Å². The Morgan fingerprint density at radius 1 is 1.18 bits per heavy atom. The maximum absolute atomic E-state index is 12.2. The third-order valence-electron chi connectivity index (χ3n) is 5.37. The first kappa shape index (κ1) is 20.9. The van der Waals surface area contributed by atoms with E-state index in [1.54, 1.807) is 4.90 Å². The summed E-state index contributed by atoms with van der Waals surface area (Å²) in [6.45, 7) is 15.5. The molecule has 0 aliphatic carbocycles. The lowest BCUT2D eigenvalue weighted by Crippen LogP contribution is -2.50. The second-order valence-corrected chi connectivity index (χ2v) is 9.45. The number of likely N-dealkylation sites (tertiary alicyclic amines) is 1. The summed E-state index contributed by atoms with van der Waals surface area (Å²) in [4.78, 5) is 23.6. The van der Waals surface area contributed by atoms with Crippen LogP contribution in [-0.2, 0) is 4.74 Å². The van der Waals surface area contributed by atoms with E-state index >= 15 is 0 Å². The Kier molecular flexibility index (Phi) is 6.48. The van der Waals surface area contributed by atoms with Crippen LogP contribution in [0.1, 0.15) is 59.1 Å². The summed E-state index contributed by atoms with van der Waals surface area (Å²) in [5.41, 5.74) is 0.879. The van der Waals surface area contributed by atoms with Crippen LogP contribution in [0.2, 0.25) is 0 Å². The van der Waals surface area contributed by atoms with Gasteiger partial charge >= 0.3 is 6.09 Å². The summed E-state index contributed by atoms with van der Waals surface area (Å²) >= 11 is 0. The minimum absolute atomic E-state index is 0.220. The van der Waals surface area contributed by atoms with Crippen molar-refractivity contribution < 1.29 is 9.53 Å². The average molecular weight is 389 g/mol. The Bertz CT molecular complexity index is 645.